The molecular formula is C14H12BrFN2O2. The summed E-state index contributed by atoms with van der Waals surface area (Å²) in [6.07, 6.45) is 0.688. The van der Waals surface area contributed by atoms with Crippen molar-refractivity contribution in [3.8, 4) is 0 Å². The Morgan fingerprint density at radius 1 is 1.25 bits per heavy atom. The monoisotopic (exact) mass is 338 g/mol. The van der Waals surface area contributed by atoms with Crippen LogP contribution in [0.2, 0.25) is 0 Å². The number of anilines is 1. The van der Waals surface area contributed by atoms with Crippen LogP contribution in [-0.4, -0.2) is 11.5 Å². The van der Waals surface area contributed by atoms with E-state index >= 15 is 0 Å². The average molecular weight is 339 g/mol. The van der Waals surface area contributed by atoms with E-state index < -0.39 is 10.7 Å². The molecule has 4 nitrogen and oxygen atoms in total. The van der Waals surface area contributed by atoms with Crippen LogP contribution in [0.25, 0.3) is 0 Å². The lowest BCUT2D eigenvalue weighted by molar-refractivity contribution is -0.384. The number of hydrogen-bond donors (Lipinski definition) is 1. The van der Waals surface area contributed by atoms with Crippen molar-refractivity contribution in [1.29, 1.82) is 0 Å². The maximum atomic E-state index is 13.1. The summed E-state index contributed by atoms with van der Waals surface area (Å²) in [7, 11) is 0. The van der Waals surface area contributed by atoms with Crippen molar-refractivity contribution in [2.75, 3.05) is 11.9 Å². The summed E-state index contributed by atoms with van der Waals surface area (Å²) in [6, 6.07) is 11.2. The molecule has 0 bridgehead atoms. The Balaban J connectivity index is 2.04. The molecule has 1 N–H and O–H groups in total. The molecule has 0 saturated heterocycles. The van der Waals surface area contributed by atoms with Crippen LogP contribution in [-0.2, 0) is 6.42 Å². The summed E-state index contributed by atoms with van der Waals surface area (Å²) in [4.78, 5) is 10.3. The summed E-state index contributed by atoms with van der Waals surface area (Å²) < 4.78 is 14.1. The van der Waals surface area contributed by atoms with E-state index in [0.29, 0.717) is 13.0 Å². The van der Waals surface area contributed by atoms with Gasteiger partial charge in [-0.1, -0.05) is 28.1 Å². The van der Waals surface area contributed by atoms with Crippen molar-refractivity contribution in [3.05, 3.63) is 68.4 Å². The Morgan fingerprint density at radius 3 is 2.75 bits per heavy atom. The zero-order valence-electron chi connectivity index (χ0n) is 10.5. The van der Waals surface area contributed by atoms with Crippen molar-refractivity contribution in [3.63, 3.8) is 0 Å². The Morgan fingerprint density at radius 2 is 2.05 bits per heavy atom. The maximum Gasteiger partial charge on any atom is 0.292 e. The van der Waals surface area contributed by atoms with Gasteiger partial charge in [-0.15, -0.1) is 0 Å². The van der Waals surface area contributed by atoms with E-state index in [9.17, 15) is 14.5 Å². The number of hydrogen-bond acceptors (Lipinski definition) is 3. The third-order valence-electron chi connectivity index (χ3n) is 2.77. The van der Waals surface area contributed by atoms with Gasteiger partial charge in [-0.2, -0.15) is 0 Å². The molecule has 0 heterocycles. The molecule has 0 aliphatic rings. The van der Waals surface area contributed by atoms with Gasteiger partial charge in [0.2, 0.25) is 0 Å². The van der Waals surface area contributed by atoms with E-state index in [4.69, 9.17) is 0 Å². The highest BCUT2D eigenvalue weighted by Gasteiger charge is 2.13. The second-order valence-corrected chi connectivity index (χ2v) is 5.14. The quantitative estimate of drug-likeness (QED) is 0.658. The van der Waals surface area contributed by atoms with Crippen molar-refractivity contribution in [1.82, 2.24) is 0 Å². The van der Waals surface area contributed by atoms with E-state index in [-0.39, 0.29) is 11.4 Å². The normalized spacial score (nSPS) is 10.3. The van der Waals surface area contributed by atoms with Gasteiger partial charge in [-0.05, 0) is 30.2 Å². The molecule has 0 radical (unpaired) electrons. The topological polar surface area (TPSA) is 55.2 Å². The maximum absolute atomic E-state index is 13.1. The highest BCUT2D eigenvalue weighted by molar-refractivity contribution is 9.10. The van der Waals surface area contributed by atoms with E-state index in [1.807, 2.05) is 24.3 Å². The van der Waals surface area contributed by atoms with Gasteiger partial charge in [0.15, 0.2) is 0 Å². The average Bonchev–Trinajstić information content (AvgIpc) is 2.38. The van der Waals surface area contributed by atoms with E-state index in [2.05, 4.69) is 21.2 Å². The van der Waals surface area contributed by atoms with Crippen molar-refractivity contribution < 1.29 is 9.31 Å². The fourth-order valence-electron chi connectivity index (χ4n) is 1.84. The second kappa shape index (κ2) is 6.47. The highest BCUT2D eigenvalue weighted by Crippen LogP contribution is 2.24. The molecule has 20 heavy (non-hydrogen) atoms. The highest BCUT2D eigenvalue weighted by atomic mass is 79.9. The van der Waals surface area contributed by atoms with Gasteiger partial charge in [0.25, 0.3) is 5.69 Å². The van der Waals surface area contributed by atoms with Gasteiger partial charge in [-0.25, -0.2) is 4.39 Å². The molecule has 0 unspecified atom stereocenters. The molecule has 104 valence electrons. The van der Waals surface area contributed by atoms with Gasteiger partial charge in [0.1, 0.15) is 11.5 Å². The summed E-state index contributed by atoms with van der Waals surface area (Å²) in [5, 5.41) is 13.8. The number of nitrogens with zero attached hydrogens (tertiary/aromatic N) is 1. The molecule has 0 fully saturated rings. The number of nitro groups is 1. The Labute approximate surface area is 123 Å². The SMILES string of the molecule is O=[N+]([O-])c1ccc(F)cc1NCCc1cccc(Br)c1. The minimum absolute atomic E-state index is 0.124. The van der Waals surface area contributed by atoms with Crippen LogP contribution in [0, 0.1) is 15.9 Å². The third kappa shape index (κ3) is 3.77. The smallest absolute Gasteiger partial charge is 0.292 e. The molecule has 0 aliphatic carbocycles. The lowest BCUT2D eigenvalue weighted by atomic mass is 10.1. The molecule has 0 aromatic heterocycles. The van der Waals surface area contributed by atoms with Crippen molar-refractivity contribution in [2.24, 2.45) is 0 Å². The fraction of sp³-hybridized carbons (Fsp3) is 0.143. The molecule has 0 amide bonds. The van der Waals surface area contributed by atoms with Crippen molar-refractivity contribution in [2.45, 2.75) is 6.42 Å². The van der Waals surface area contributed by atoms with Crippen LogP contribution in [0.1, 0.15) is 5.56 Å². The first-order valence-corrected chi connectivity index (χ1v) is 6.78. The number of benzene rings is 2. The van der Waals surface area contributed by atoms with Gasteiger partial charge in [-0.3, -0.25) is 10.1 Å². The van der Waals surface area contributed by atoms with Gasteiger partial charge in [0, 0.05) is 23.2 Å². The standard InChI is InChI=1S/C14H12BrFN2O2/c15-11-3-1-2-10(8-11)6-7-17-13-9-12(16)4-5-14(13)18(19)20/h1-5,8-9,17H,6-7H2. The van der Waals surface area contributed by atoms with Crippen LogP contribution in [0.15, 0.2) is 46.9 Å². The number of nitro benzene ring substituents is 1. The molecule has 0 spiro atoms. The fourth-order valence-corrected chi connectivity index (χ4v) is 2.29. The molecule has 0 aliphatic heterocycles. The van der Waals surface area contributed by atoms with Gasteiger partial charge >= 0.3 is 0 Å². The summed E-state index contributed by atoms with van der Waals surface area (Å²) in [5.74, 6) is -0.499. The van der Waals surface area contributed by atoms with Crippen LogP contribution in [0.3, 0.4) is 0 Å². The lowest BCUT2D eigenvalue weighted by Gasteiger charge is -2.07. The zero-order chi connectivity index (χ0) is 14.5. The zero-order valence-corrected chi connectivity index (χ0v) is 12.1. The van der Waals surface area contributed by atoms with E-state index in [1.165, 1.54) is 0 Å². The Kier molecular flexibility index (Phi) is 4.68. The van der Waals surface area contributed by atoms with E-state index in [1.54, 1.807) is 0 Å². The van der Waals surface area contributed by atoms with Crippen LogP contribution >= 0.6 is 15.9 Å². The number of nitrogens with one attached hydrogen (secondary N) is 1. The molecule has 2 aromatic carbocycles. The minimum atomic E-state index is -0.527. The minimum Gasteiger partial charge on any atom is -0.379 e. The lowest BCUT2D eigenvalue weighted by Crippen LogP contribution is -2.07. The summed E-state index contributed by atoms with van der Waals surface area (Å²) >= 11 is 3.38. The molecular weight excluding hydrogens is 327 g/mol. The first kappa shape index (κ1) is 14.5. The first-order chi connectivity index (χ1) is 9.56. The Bertz CT molecular complexity index is 634. The van der Waals surface area contributed by atoms with Gasteiger partial charge < -0.3 is 5.32 Å². The largest absolute Gasteiger partial charge is 0.379 e. The summed E-state index contributed by atoms with van der Waals surface area (Å²) in [5.41, 5.74) is 1.16. The number of halogens is 2. The van der Waals surface area contributed by atoms with Gasteiger partial charge in [0.05, 0.1) is 4.92 Å². The van der Waals surface area contributed by atoms with E-state index in [0.717, 1.165) is 28.2 Å². The molecule has 6 heteroatoms. The van der Waals surface area contributed by atoms with Crippen LogP contribution in [0.4, 0.5) is 15.8 Å². The molecule has 2 aromatic rings. The predicted octanol–water partition coefficient (Wildman–Crippen LogP) is 4.15. The number of rotatable bonds is 5. The second-order valence-electron chi connectivity index (χ2n) is 4.23. The Hall–Kier alpha value is -1.95. The molecule has 0 saturated carbocycles. The first-order valence-electron chi connectivity index (χ1n) is 5.98. The molecule has 2 rings (SSSR count). The predicted molar refractivity (Wildman–Crippen MR) is 79.4 cm³/mol. The van der Waals surface area contributed by atoms with Crippen molar-refractivity contribution >= 4 is 27.3 Å². The summed E-state index contributed by atoms with van der Waals surface area (Å²) in [6.45, 7) is 0.487. The van der Waals surface area contributed by atoms with Crippen LogP contribution < -0.4 is 5.32 Å². The molecule has 0 atom stereocenters. The van der Waals surface area contributed by atoms with Crippen LogP contribution in [0.5, 0.6) is 0 Å². The third-order valence-corrected chi connectivity index (χ3v) is 3.27.